The van der Waals surface area contributed by atoms with Crippen LogP contribution in [-0.4, -0.2) is 4.57 Å². The third kappa shape index (κ3) is 4.51. The Kier molecular flexibility index (Phi) is 6.98. The molecule has 5 aromatic carbocycles. The Balaban J connectivity index is 1.43. The van der Waals surface area contributed by atoms with Crippen LogP contribution in [0.3, 0.4) is 0 Å². The standard InChI is InChI=1S/C21H14N.C21H25.2ClH.Zr/c1-2-9-16(10-3-1)22-19-13-7-6-12-18(19)21-17-11-5-4-8-15(17)14-20(21)22;1-20(2,3)16-7-9-18-14(12-16)11-15-13-17(21(4,5)6)8-10-19(15)18;;;/h1-14H;7-10,12H,11H2,1-6H3;2*1H;/q;;;;+2/p-2. The molecule has 0 spiro atoms. The molecule has 46 heavy (non-hydrogen) atoms. The molecule has 0 N–H and O–H groups in total. The van der Waals surface area contributed by atoms with Gasteiger partial charge in [-0.3, -0.25) is 0 Å². The number of rotatable bonds is 3. The van der Waals surface area contributed by atoms with Gasteiger partial charge in [-0.15, -0.1) is 0 Å². The summed E-state index contributed by atoms with van der Waals surface area (Å²) in [6.07, 6.45) is 0.870. The third-order valence-electron chi connectivity index (χ3n) is 10.2. The average Bonchev–Trinajstić information content (AvgIpc) is 3.67. The zero-order chi connectivity index (χ0) is 32.2. The Morgan fingerprint density at radius 3 is 2.09 bits per heavy atom. The summed E-state index contributed by atoms with van der Waals surface area (Å²) < 4.78 is 3.64. The van der Waals surface area contributed by atoms with Crippen molar-refractivity contribution in [3.63, 3.8) is 0 Å². The third-order valence-corrected chi connectivity index (χ3v) is 21.3. The van der Waals surface area contributed by atoms with Crippen LogP contribution in [0.15, 0.2) is 109 Å². The number of para-hydroxylation sites is 2. The van der Waals surface area contributed by atoms with Gasteiger partial charge in [-0.2, -0.15) is 0 Å². The van der Waals surface area contributed by atoms with E-state index >= 15 is 0 Å². The zero-order valence-electron chi connectivity index (χ0n) is 27.4. The Labute approximate surface area is 284 Å². The first-order valence-electron chi connectivity index (χ1n) is 16.3. The Morgan fingerprint density at radius 2 is 1.35 bits per heavy atom. The van der Waals surface area contributed by atoms with Crippen LogP contribution in [-0.2, 0) is 35.1 Å². The molecule has 0 saturated heterocycles. The van der Waals surface area contributed by atoms with Crippen molar-refractivity contribution in [2.75, 3.05) is 0 Å². The van der Waals surface area contributed by atoms with Gasteiger partial charge in [0.25, 0.3) is 0 Å². The van der Waals surface area contributed by atoms with Crippen LogP contribution in [0.2, 0.25) is 0 Å². The number of fused-ring (bicyclic) bond motifs is 8. The van der Waals surface area contributed by atoms with E-state index in [9.17, 15) is 0 Å². The van der Waals surface area contributed by atoms with E-state index in [-0.39, 0.29) is 14.5 Å². The van der Waals surface area contributed by atoms with E-state index in [0.29, 0.717) is 0 Å². The maximum absolute atomic E-state index is 8.31. The fourth-order valence-electron chi connectivity index (χ4n) is 8.06. The van der Waals surface area contributed by atoms with Crippen LogP contribution in [0.4, 0.5) is 0 Å². The second-order valence-corrected chi connectivity index (χ2v) is 29.1. The van der Waals surface area contributed by atoms with Crippen LogP contribution in [0.25, 0.3) is 38.8 Å². The van der Waals surface area contributed by atoms with E-state index in [1.54, 1.807) is 0 Å². The Hall–Kier alpha value is -2.90. The first kappa shape index (κ1) is 30.4. The molecular weight excluding hydrogens is 681 g/mol. The number of benzene rings is 5. The topological polar surface area (TPSA) is 4.93 Å². The van der Waals surface area contributed by atoms with Crippen molar-refractivity contribution >= 4 is 31.2 Å². The summed E-state index contributed by atoms with van der Waals surface area (Å²) in [5.74, 6) is 0. The molecule has 4 heteroatoms. The second kappa shape index (κ2) is 10.6. The molecule has 6 aromatic rings. The number of halogens is 2. The first-order valence-corrected chi connectivity index (χ1v) is 25.3. The van der Waals surface area contributed by atoms with Crippen molar-refractivity contribution in [2.45, 2.75) is 62.4 Å². The van der Waals surface area contributed by atoms with Gasteiger partial charge in [-0.1, -0.05) is 0 Å². The zero-order valence-corrected chi connectivity index (χ0v) is 31.3. The van der Waals surface area contributed by atoms with Crippen molar-refractivity contribution in [3.05, 3.63) is 143 Å². The van der Waals surface area contributed by atoms with Gasteiger partial charge in [0, 0.05) is 0 Å². The monoisotopic (exact) mass is 717 g/mol. The van der Waals surface area contributed by atoms with E-state index in [1.165, 1.54) is 69.9 Å². The van der Waals surface area contributed by atoms with Crippen molar-refractivity contribution < 1.29 is 17.9 Å². The summed E-state index contributed by atoms with van der Waals surface area (Å²) in [7, 11) is 16.6. The predicted molar refractivity (Wildman–Crippen MR) is 194 cm³/mol. The quantitative estimate of drug-likeness (QED) is 0.171. The van der Waals surface area contributed by atoms with E-state index in [4.69, 9.17) is 17.0 Å². The molecule has 230 valence electrons. The van der Waals surface area contributed by atoms with Crippen molar-refractivity contribution in [2.24, 2.45) is 0 Å². The van der Waals surface area contributed by atoms with Gasteiger partial charge in [-0.25, -0.2) is 0 Å². The molecule has 0 radical (unpaired) electrons. The molecule has 1 atom stereocenters. The van der Waals surface area contributed by atoms with E-state index in [0.717, 1.165) is 12.1 Å². The predicted octanol–water partition coefficient (Wildman–Crippen LogP) is 11.7. The fraction of sp³-hybridized carbons (Fsp3) is 0.238. The van der Waals surface area contributed by atoms with Gasteiger partial charge in [0.2, 0.25) is 0 Å². The van der Waals surface area contributed by atoms with E-state index < -0.39 is 17.9 Å². The normalized spacial score (nSPS) is 15.5. The molecule has 1 nitrogen and oxygen atoms in total. The van der Waals surface area contributed by atoms with Crippen molar-refractivity contribution in [3.8, 4) is 27.9 Å². The average molecular weight is 720 g/mol. The molecule has 2 aliphatic rings. The molecule has 1 heterocycles. The van der Waals surface area contributed by atoms with Gasteiger partial charge in [0.05, 0.1) is 0 Å². The van der Waals surface area contributed by atoms with Crippen LogP contribution in [0, 0.1) is 0 Å². The summed E-state index contributed by atoms with van der Waals surface area (Å²) in [6.45, 7) is 13.8. The molecule has 0 aliphatic heterocycles. The summed E-state index contributed by atoms with van der Waals surface area (Å²) in [5.41, 5.74) is 15.4. The SMILES string of the molecule is CC(C)(C)c1ccc2c(c1)Cc1c-2ccc(C(C)(C)C)[c]1[Zr]([Cl])([Cl])[CH]1c2ccccc2-c2c1n(-c1ccccc1)c1ccccc21. The van der Waals surface area contributed by atoms with Crippen molar-refractivity contribution in [1.29, 1.82) is 0 Å². The fourth-order valence-corrected chi connectivity index (χ4v) is 20.6. The summed E-state index contributed by atoms with van der Waals surface area (Å²) in [4.78, 5) is 0. The summed E-state index contributed by atoms with van der Waals surface area (Å²) in [6, 6.07) is 40.1. The van der Waals surface area contributed by atoms with Gasteiger partial charge < -0.3 is 0 Å². The Bertz CT molecular complexity index is 2160. The first-order chi connectivity index (χ1) is 21.9. The van der Waals surface area contributed by atoms with E-state index in [1.807, 2.05) is 0 Å². The maximum atomic E-state index is 8.31. The second-order valence-electron chi connectivity index (χ2n) is 15.2. The molecule has 0 fully saturated rings. The van der Waals surface area contributed by atoms with Crippen LogP contribution in [0.1, 0.15) is 78.7 Å². The molecule has 0 bridgehead atoms. The van der Waals surface area contributed by atoms with Gasteiger partial charge in [0.1, 0.15) is 0 Å². The molecule has 1 unspecified atom stereocenters. The minimum atomic E-state index is -4.43. The molecular formula is C42H39Cl2NZr. The molecule has 0 saturated carbocycles. The molecule has 1 aromatic heterocycles. The number of hydrogen-bond donors (Lipinski definition) is 0. The summed E-state index contributed by atoms with van der Waals surface area (Å²) >= 11 is -4.43. The van der Waals surface area contributed by atoms with E-state index in [2.05, 4.69) is 155 Å². The van der Waals surface area contributed by atoms with Crippen molar-refractivity contribution in [1.82, 2.24) is 4.57 Å². The molecule has 0 amide bonds. The van der Waals surface area contributed by atoms with Crippen LogP contribution < -0.4 is 3.27 Å². The number of hydrogen-bond acceptors (Lipinski definition) is 0. The van der Waals surface area contributed by atoms with Crippen LogP contribution in [0.5, 0.6) is 0 Å². The molecule has 2 aliphatic carbocycles. The number of nitrogens with zero attached hydrogens (tertiary/aromatic N) is 1. The van der Waals surface area contributed by atoms with Gasteiger partial charge in [-0.05, 0) is 0 Å². The van der Waals surface area contributed by atoms with Gasteiger partial charge in [0.15, 0.2) is 0 Å². The number of aromatic nitrogens is 1. The Morgan fingerprint density at radius 1 is 0.674 bits per heavy atom. The summed E-state index contributed by atoms with van der Waals surface area (Å²) in [5, 5.41) is 1.25. The van der Waals surface area contributed by atoms with Gasteiger partial charge >= 0.3 is 287 Å². The van der Waals surface area contributed by atoms with Crippen LogP contribution >= 0.6 is 17.0 Å². The molecule has 8 rings (SSSR count). The minimum absolute atomic E-state index is 0.0833.